The summed E-state index contributed by atoms with van der Waals surface area (Å²) in [7, 11) is -2.92. The number of carbonyl (C=O) groups is 2. The standard InChI is InChI=1S/C24H33NO5Si/c1-6-29-23(28)21(17-26)25-22(27)18(2)30-31(24(3,4)5,19-13-9-7-10-14-19)20-15-11-8-12-16-20/h7-16,18,21,26H,6,17H2,1-5H3,(H,25,27)/t18-,21-/m0/s1. The van der Waals surface area contributed by atoms with E-state index in [0.29, 0.717) is 0 Å². The third kappa shape index (κ3) is 5.61. The zero-order chi connectivity index (χ0) is 23.1. The summed E-state index contributed by atoms with van der Waals surface area (Å²) in [6, 6.07) is 18.9. The summed E-state index contributed by atoms with van der Waals surface area (Å²) in [5, 5.41) is 13.9. The number of hydrogen-bond donors (Lipinski definition) is 2. The van der Waals surface area contributed by atoms with Gasteiger partial charge in [0.05, 0.1) is 13.2 Å². The van der Waals surface area contributed by atoms with Crippen molar-refractivity contribution in [2.24, 2.45) is 0 Å². The maximum atomic E-state index is 13.0. The van der Waals surface area contributed by atoms with Gasteiger partial charge in [0.25, 0.3) is 8.32 Å². The minimum atomic E-state index is -2.92. The molecule has 0 saturated carbocycles. The van der Waals surface area contributed by atoms with Crippen LogP contribution in [0.1, 0.15) is 34.6 Å². The molecule has 2 atom stereocenters. The van der Waals surface area contributed by atoms with Gasteiger partial charge in [-0.3, -0.25) is 4.79 Å². The Labute approximate surface area is 185 Å². The molecule has 0 spiro atoms. The van der Waals surface area contributed by atoms with Gasteiger partial charge in [0.2, 0.25) is 5.91 Å². The third-order valence-electron chi connectivity index (χ3n) is 5.21. The minimum absolute atomic E-state index is 0.166. The SMILES string of the molecule is CCOC(=O)[C@H](CO)NC(=O)[C@H](C)O[Si](c1ccccc1)(c1ccccc1)C(C)(C)C. The number of hydrogen-bond acceptors (Lipinski definition) is 5. The average Bonchev–Trinajstić information content (AvgIpc) is 2.75. The van der Waals surface area contributed by atoms with Gasteiger partial charge in [-0.2, -0.15) is 0 Å². The maximum absolute atomic E-state index is 13.0. The topological polar surface area (TPSA) is 84.9 Å². The quantitative estimate of drug-likeness (QED) is 0.457. The number of nitrogens with one attached hydrogen (secondary N) is 1. The Morgan fingerprint density at radius 2 is 1.48 bits per heavy atom. The Hall–Kier alpha value is -2.48. The molecule has 2 N–H and O–H groups in total. The van der Waals surface area contributed by atoms with Crippen LogP contribution in [-0.2, 0) is 18.8 Å². The number of aliphatic hydroxyl groups excluding tert-OH is 1. The van der Waals surface area contributed by atoms with Gasteiger partial charge in [-0.15, -0.1) is 0 Å². The van der Waals surface area contributed by atoms with E-state index in [9.17, 15) is 14.7 Å². The molecule has 0 aliphatic rings. The number of esters is 1. The molecule has 0 unspecified atom stereocenters. The van der Waals surface area contributed by atoms with Crippen LogP contribution in [0.25, 0.3) is 0 Å². The van der Waals surface area contributed by atoms with Crippen molar-refractivity contribution in [3.8, 4) is 0 Å². The van der Waals surface area contributed by atoms with Crippen LogP contribution in [0, 0.1) is 0 Å². The number of amides is 1. The predicted molar refractivity (Wildman–Crippen MR) is 124 cm³/mol. The van der Waals surface area contributed by atoms with Crippen LogP contribution in [-0.4, -0.2) is 50.7 Å². The Bertz CT molecular complexity index is 812. The van der Waals surface area contributed by atoms with Gasteiger partial charge in [-0.25, -0.2) is 4.79 Å². The normalized spacial score (nSPS) is 13.9. The monoisotopic (exact) mass is 443 g/mol. The molecular weight excluding hydrogens is 410 g/mol. The van der Waals surface area contributed by atoms with E-state index in [4.69, 9.17) is 9.16 Å². The highest BCUT2D eigenvalue weighted by atomic mass is 28.4. The first-order valence-electron chi connectivity index (χ1n) is 10.5. The predicted octanol–water partition coefficient (Wildman–Crippen LogP) is 1.99. The average molecular weight is 444 g/mol. The first-order valence-corrected chi connectivity index (χ1v) is 12.4. The maximum Gasteiger partial charge on any atom is 0.331 e. The molecule has 0 aliphatic carbocycles. The van der Waals surface area contributed by atoms with Gasteiger partial charge >= 0.3 is 5.97 Å². The Morgan fingerprint density at radius 3 is 1.87 bits per heavy atom. The fourth-order valence-electron chi connectivity index (χ4n) is 3.72. The van der Waals surface area contributed by atoms with Crippen LogP contribution in [0.15, 0.2) is 60.7 Å². The van der Waals surface area contributed by atoms with Crippen molar-refractivity contribution in [2.45, 2.75) is 51.8 Å². The summed E-state index contributed by atoms with van der Waals surface area (Å²) in [6.07, 6.45) is -0.852. The van der Waals surface area contributed by atoms with Crippen LogP contribution >= 0.6 is 0 Å². The van der Waals surface area contributed by atoms with Crippen molar-refractivity contribution in [2.75, 3.05) is 13.2 Å². The van der Waals surface area contributed by atoms with E-state index in [-0.39, 0.29) is 11.6 Å². The molecule has 31 heavy (non-hydrogen) atoms. The van der Waals surface area contributed by atoms with Crippen LogP contribution < -0.4 is 15.7 Å². The number of benzene rings is 2. The summed E-state index contributed by atoms with van der Waals surface area (Å²) in [6.45, 7) is 9.34. The van der Waals surface area contributed by atoms with E-state index in [2.05, 4.69) is 26.1 Å². The molecule has 0 aromatic heterocycles. The van der Waals surface area contributed by atoms with Crippen molar-refractivity contribution in [1.82, 2.24) is 5.32 Å². The first-order chi connectivity index (χ1) is 14.7. The van der Waals surface area contributed by atoms with Gasteiger partial charge in [-0.1, -0.05) is 81.4 Å². The minimum Gasteiger partial charge on any atom is -0.464 e. The Balaban J connectivity index is 2.44. The summed E-state index contributed by atoms with van der Waals surface area (Å²) in [4.78, 5) is 24.9. The van der Waals surface area contributed by atoms with Crippen molar-refractivity contribution >= 4 is 30.6 Å². The molecule has 6 nitrogen and oxygen atoms in total. The largest absolute Gasteiger partial charge is 0.464 e. The molecule has 2 rings (SSSR count). The van der Waals surface area contributed by atoms with Crippen LogP contribution in [0.3, 0.4) is 0 Å². The molecule has 168 valence electrons. The second kappa shape index (κ2) is 10.7. The molecule has 1 amide bonds. The molecule has 2 aromatic carbocycles. The number of ether oxygens (including phenoxy) is 1. The molecular formula is C24H33NO5Si. The first kappa shape index (κ1) is 24.8. The highest BCUT2D eigenvalue weighted by Crippen LogP contribution is 2.37. The fraction of sp³-hybridized carbons (Fsp3) is 0.417. The summed E-state index contributed by atoms with van der Waals surface area (Å²) in [5.74, 6) is -1.14. The van der Waals surface area contributed by atoms with Crippen LogP contribution in [0.5, 0.6) is 0 Å². The smallest absolute Gasteiger partial charge is 0.331 e. The second-order valence-corrected chi connectivity index (χ2v) is 12.7. The summed E-state index contributed by atoms with van der Waals surface area (Å²) in [5.41, 5.74) is 0. The molecule has 0 bridgehead atoms. The van der Waals surface area contributed by atoms with Gasteiger partial charge in [0.1, 0.15) is 6.10 Å². The zero-order valence-electron chi connectivity index (χ0n) is 18.9. The number of rotatable bonds is 9. The lowest BCUT2D eigenvalue weighted by Gasteiger charge is -2.44. The van der Waals surface area contributed by atoms with Crippen molar-refractivity contribution in [3.05, 3.63) is 60.7 Å². The summed E-state index contributed by atoms with van der Waals surface area (Å²) < 4.78 is 11.6. The molecule has 0 radical (unpaired) electrons. The molecule has 0 heterocycles. The van der Waals surface area contributed by atoms with Crippen molar-refractivity contribution in [3.63, 3.8) is 0 Å². The molecule has 7 heteroatoms. The molecule has 2 aromatic rings. The third-order valence-corrected chi connectivity index (χ3v) is 10.3. The van der Waals surface area contributed by atoms with Crippen molar-refractivity contribution < 1.29 is 23.9 Å². The van der Waals surface area contributed by atoms with Gasteiger partial charge in [-0.05, 0) is 29.3 Å². The van der Waals surface area contributed by atoms with E-state index in [1.807, 2.05) is 60.7 Å². The zero-order valence-corrected chi connectivity index (χ0v) is 19.9. The summed E-state index contributed by atoms with van der Waals surface area (Å²) >= 11 is 0. The van der Waals surface area contributed by atoms with Gasteiger partial charge in [0.15, 0.2) is 6.04 Å². The van der Waals surface area contributed by atoms with E-state index >= 15 is 0 Å². The Kier molecular flexibility index (Phi) is 8.56. The number of carbonyl (C=O) groups excluding carboxylic acids is 2. The second-order valence-electron chi connectivity index (χ2n) is 8.42. The Morgan fingerprint density at radius 1 is 1.00 bits per heavy atom. The fourth-order valence-corrected chi connectivity index (χ4v) is 8.37. The lowest BCUT2D eigenvalue weighted by molar-refractivity contribution is -0.149. The van der Waals surface area contributed by atoms with Crippen LogP contribution in [0.2, 0.25) is 5.04 Å². The van der Waals surface area contributed by atoms with Gasteiger partial charge in [0, 0.05) is 0 Å². The van der Waals surface area contributed by atoms with Gasteiger partial charge < -0.3 is 19.6 Å². The molecule has 0 saturated heterocycles. The van der Waals surface area contributed by atoms with Crippen LogP contribution in [0.4, 0.5) is 0 Å². The van der Waals surface area contributed by atoms with E-state index in [1.54, 1.807) is 13.8 Å². The molecule has 0 aliphatic heterocycles. The highest BCUT2D eigenvalue weighted by Gasteiger charge is 2.51. The lowest BCUT2D eigenvalue weighted by Crippen LogP contribution is -2.68. The van der Waals surface area contributed by atoms with Crippen molar-refractivity contribution in [1.29, 1.82) is 0 Å². The van der Waals surface area contributed by atoms with E-state index in [0.717, 1.165) is 10.4 Å². The van der Waals surface area contributed by atoms with E-state index in [1.165, 1.54) is 0 Å². The number of aliphatic hydroxyl groups is 1. The lowest BCUT2D eigenvalue weighted by atomic mass is 10.2. The molecule has 0 fully saturated rings. The highest BCUT2D eigenvalue weighted by molar-refractivity contribution is 6.99. The van der Waals surface area contributed by atoms with E-state index < -0.39 is 38.9 Å².